The molecular formula is C28H28N2O. The maximum atomic E-state index is 7.24. The Morgan fingerprint density at radius 3 is 2.84 bits per heavy atom. The van der Waals surface area contributed by atoms with Crippen molar-refractivity contribution in [1.29, 1.82) is 0 Å². The normalized spacial score (nSPS) is 38.2. The number of ether oxygens (including phenoxy) is 1. The molecule has 2 aliphatic heterocycles. The van der Waals surface area contributed by atoms with Crippen LogP contribution in [0.2, 0.25) is 0 Å². The zero-order valence-corrected chi connectivity index (χ0v) is 18.2. The highest BCUT2D eigenvalue weighted by Gasteiger charge is 2.64. The first-order chi connectivity index (χ1) is 15.0. The molecule has 1 saturated heterocycles. The summed E-state index contributed by atoms with van der Waals surface area (Å²) in [6, 6.07) is 6.74. The molecule has 0 N–H and O–H groups in total. The van der Waals surface area contributed by atoms with Crippen molar-refractivity contribution in [1.82, 2.24) is 10.2 Å². The molecular weight excluding hydrogens is 380 g/mol. The third-order valence-corrected chi connectivity index (χ3v) is 9.07. The number of fused-ring (bicyclic) bond motifs is 2. The first-order valence-corrected chi connectivity index (χ1v) is 11.7. The maximum absolute atomic E-state index is 7.24. The Morgan fingerprint density at radius 2 is 1.94 bits per heavy atom. The second-order valence-corrected chi connectivity index (χ2v) is 10.6. The summed E-state index contributed by atoms with van der Waals surface area (Å²) in [6.45, 7) is 6.81. The van der Waals surface area contributed by atoms with Gasteiger partial charge in [-0.2, -0.15) is 10.2 Å². The Kier molecular flexibility index (Phi) is 3.40. The number of benzene rings is 1. The molecule has 2 unspecified atom stereocenters. The highest BCUT2D eigenvalue weighted by molar-refractivity contribution is 5.86. The van der Waals surface area contributed by atoms with Gasteiger partial charge in [-0.25, -0.2) is 0 Å². The van der Waals surface area contributed by atoms with Gasteiger partial charge < -0.3 is 4.74 Å². The number of aromatic nitrogens is 2. The minimum Gasteiger partial charge on any atom is -0.359 e. The smallest absolute Gasteiger partial charge is 0.0981 e. The molecule has 31 heavy (non-hydrogen) atoms. The molecule has 7 rings (SSSR count). The molecule has 2 bridgehead atoms. The van der Waals surface area contributed by atoms with Gasteiger partial charge in [0.25, 0.3) is 0 Å². The number of hydrogen-bond donors (Lipinski definition) is 0. The van der Waals surface area contributed by atoms with E-state index in [4.69, 9.17) is 4.74 Å². The molecule has 3 heteroatoms. The lowest BCUT2D eigenvalue weighted by Gasteiger charge is -2.53. The van der Waals surface area contributed by atoms with E-state index in [1.807, 2.05) is 12.4 Å². The molecule has 1 aromatic heterocycles. The Bertz CT molecular complexity index is 1250. The van der Waals surface area contributed by atoms with Gasteiger partial charge in [0.05, 0.1) is 23.6 Å². The summed E-state index contributed by atoms with van der Waals surface area (Å²) in [6.07, 6.45) is 19.0. The van der Waals surface area contributed by atoms with Crippen LogP contribution in [0.3, 0.4) is 0 Å². The summed E-state index contributed by atoms with van der Waals surface area (Å²) in [5.74, 6) is 0.494. The van der Waals surface area contributed by atoms with Crippen molar-refractivity contribution < 1.29 is 4.74 Å². The zero-order chi connectivity index (χ0) is 20.8. The average molecular weight is 409 g/mol. The van der Waals surface area contributed by atoms with E-state index in [0.29, 0.717) is 5.92 Å². The van der Waals surface area contributed by atoms with Gasteiger partial charge in [0.2, 0.25) is 0 Å². The third kappa shape index (κ3) is 2.23. The summed E-state index contributed by atoms with van der Waals surface area (Å²) in [5.41, 5.74) is 7.06. The quantitative estimate of drug-likeness (QED) is 0.517. The lowest BCUT2D eigenvalue weighted by Crippen LogP contribution is -2.53. The second-order valence-electron chi connectivity index (χ2n) is 10.6. The van der Waals surface area contributed by atoms with Gasteiger partial charge in [-0.3, -0.25) is 0 Å². The molecule has 2 spiro atoms. The predicted octanol–water partition coefficient (Wildman–Crippen LogP) is 6.34. The summed E-state index contributed by atoms with van der Waals surface area (Å²) in [7, 11) is 0. The number of rotatable bonds is 1. The Hall–Kier alpha value is -2.52. The van der Waals surface area contributed by atoms with E-state index in [1.165, 1.54) is 27.9 Å². The van der Waals surface area contributed by atoms with Crippen molar-refractivity contribution in [3.05, 3.63) is 77.7 Å². The van der Waals surface area contributed by atoms with Crippen molar-refractivity contribution in [3.8, 4) is 0 Å². The van der Waals surface area contributed by atoms with Gasteiger partial charge in [-0.05, 0) is 66.9 Å². The molecule has 3 aliphatic carbocycles. The van der Waals surface area contributed by atoms with Crippen LogP contribution in [0.5, 0.6) is 0 Å². The van der Waals surface area contributed by atoms with Crippen LogP contribution in [0.1, 0.15) is 57.4 Å². The Labute approximate surface area is 183 Å². The fourth-order valence-corrected chi connectivity index (χ4v) is 7.54. The minimum absolute atomic E-state index is 0.0741. The number of allylic oxidation sites excluding steroid dienone is 3. The van der Waals surface area contributed by atoms with Gasteiger partial charge >= 0.3 is 0 Å². The lowest BCUT2D eigenvalue weighted by atomic mass is 9.58. The van der Waals surface area contributed by atoms with Gasteiger partial charge in [-0.1, -0.05) is 49.4 Å². The van der Waals surface area contributed by atoms with Gasteiger partial charge in [-0.15, -0.1) is 0 Å². The first-order valence-electron chi connectivity index (χ1n) is 11.7. The second kappa shape index (κ2) is 5.83. The van der Waals surface area contributed by atoms with Crippen molar-refractivity contribution in [2.75, 3.05) is 0 Å². The van der Waals surface area contributed by atoms with Crippen LogP contribution in [-0.2, 0) is 4.74 Å². The van der Waals surface area contributed by atoms with Gasteiger partial charge in [0.1, 0.15) is 0 Å². The molecule has 1 saturated carbocycles. The summed E-state index contributed by atoms with van der Waals surface area (Å²) in [5, 5.41) is 10.4. The molecule has 0 amide bonds. The van der Waals surface area contributed by atoms with Crippen LogP contribution in [0.4, 0.5) is 0 Å². The van der Waals surface area contributed by atoms with Gasteiger partial charge in [0, 0.05) is 28.5 Å². The van der Waals surface area contributed by atoms with Crippen molar-refractivity contribution >= 4 is 16.3 Å². The SMILES string of the molecule is C=C1CCC2=CC3=CCC4(C)C(c5ccc6cnncc6c5)=CC[C@H]4C34CC[C@]2(C1)O4. The van der Waals surface area contributed by atoms with Crippen LogP contribution in [0.15, 0.2) is 72.1 Å². The molecule has 0 radical (unpaired) electrons. The first kappa shape index (κ1) is 18.1. The molecule has 2 fully saturated rings. The lowest BCUT2D eigenvalue weighted by molar-refractivity contribution is -0.123. The van der Waals surface area contributed by atoms with E-state index in [2.05, 4.69) is 60.1 Å². The minimum atomic E-state index is -0.130. The summed E-state index contributed by atoms with van der Waals surface area (Å²) >= 11 is 0. The molecule has 1 aromatic carbocycles. The van der Waals surface area contributed by atoms with Crippen LogP contribution in [0.25, 0.3) is 16.3 Å². The van der Waals surface area contributed by atoms with Crippen LogP contribution in [-0.4, -0.2) is 21.4 Å². The van der Waals surface area contributed by atoms with Gasteiger partial charge in [0.15, 0.2) is 0 Å². The van der Waals surface area contributed by atoms with E-state index >= 15 is 0 Å². The average Bonchev–Trinajstić information content (AvgIpc) is 3.28. The largest absolute Gasteiger partial charge is 0.359 e. The predicted molar refractivity (Wildman–Crippen MR) is 123 cm³/mol. The number of nitrogens with zero attached hydrogens (tertiary/aromatic N) is 2. The standard InChI is InChI=1S/C28H28N2O/c1-18-3-6-22-14-23-9-10-26(2)24(19-4-5-20-16-29-30-17-21(20)13-19)7-8-25(26)28(23)12-11-27(22,15-18)31-28/h4-5,7,9,13-14,16-17,25H,1,3,6,8,10-12,15H2,2H3/t25-,26?,27-,28?/m1/s1. The fourth-order valence-electron chi connectivity index (χ4n) is 7.54. The number of hydrogen-bond acceptors (Lipinski definition) is 3. The highest BCUT2D eigenvalue weighted by atomic mass is 16.5. The molecule has 5 aliphatic rings. The molecule has 3 nitrogen and oxygen atoms in total. The summed E-state index contributed by atoms with van der Waals surface area (Å²) in [4.78, 5) is 0. The Balaban J connectivity index is 1.32. The van der Waals surface area contributed by atoms with Crippen LogP contribution in [0, 0.1) is 11.3 Å². The Morgan fingerprint density at radius 1 is 1.06 bits per heavy atom. The highest BCUT2D eigenvalue weighted by Crippen LogP contribution is 2.67. The van der Waals surface area contributed by atoms with E-state index < -0.39 is 0 Å². The van der Waals surface area contributed by atoms with Crippen molar-refractivity contribution in [2.24, 2.45) is 11.3 Å². The third-order valence-electron chi connectivity index (χ3n) is 9.07. The van der Waals surface area contributed by atoms with Crippen LogP contribution >= 0.6 is 0 Å². The van der Waals surface area contributed by atoms with E-state index in [0.717, 1.165) is 55.7 Å². The fraction of sp³-hybridized carbons (Fsp3) is 0.429. The topological polar surface area (TPSA) is 35.0 Å². The molecule has 3 heterocycles. The van der Waals surface area contributed by atoms with Crippen molar-refractivity contribution in [3.63, 3.8) is 0 Å². The van der Waals surface area contributed by atoms with E-state index in [-0.39, 0.29) is 16.6 Å². The van der Waals surface area contributed by atoms with E-state index in [1.54, 1.807) is 0 Å². The zero-order valence-electron chi connectivity index (χ0n) is 18.2. The van der Waals surface area contributed by atoms with Crippen LogP contribution < -0.4 is 0 Å². The maximum Gasteiger partial charge on any atom is 0.0981 e. The molecule has 2 aromatic rings. The van der Waals surface area contributed by atoms with Crippen molar-refractivity contribution in [2.45, 2.75) is 63.1 Å². The van der Waals surface area contributed by atoms with E-state index in [9.17, 15) is 0 Å². The summed E-state index contributed by atoms with van der Waals surface area (Å²) < 4.78 is 7.24. The molecule has 156 valence electrons. The monoisotopic (exact) mass is 408 g/mol. The molecule has 4 atom stereocenters.